The lowest BCUT2D eigenvalue weighted by Gasteiger charge is -2.17. The zero-order valence-corrected chi connectivity index (χ0v) is 18.6. The fraction of sp³-hybridized carbons (Fsp3) is 0.304. The van der Waals surface area contributed by atoms with E-state index in [1.807, 2.05) is 64.1 Å². The minimum atomic E-state index is -0.430. The van der Waals surface area contributed by atoms with Crippen LogP contribution in [0.15, 0.2) is 52.5 Å². The van der Waals surface area contributed by atoms with Crippen LogP contribution in [-0.2, 0) is 4.79 Å². The lowest BCUT2D eigenvalue weighted by Crippen LogP contribution is -2.27. The minimum absolute atomic E-state index is 0.0136. The first kappa shape index (κ1) is 22.5. The summed E-state index contributed by atoms with van der Waals surface area (Å²) in [7, 11) is 0. The Balaban J connectivity index is 2.29. The molecule has 0 spiro atoms. The summed E-state index contributed by atoms with van der Waals surface area (Å²) in [5.74, 6) is 0.720. The average Bonchev–Trinajstić information content (AvgIpc) is 2.69. The van der Waals surface area contributed by atoms with Crippen molar-refractivity contribution in [3.8, 4) is 17.6 Å². The second-order valence-electron chi connectivity index (χ2n) is 6.71. The highest BCUT2D eigenvalue weighted by Gasteiger charge is 2.16. The van der Waals surface area contributed by atoms with Gasteiger partial charge in [0, 0.05) is 0 Å². The quantitative estimate of drug-likeness (QED) is 0.425. The molecule has 6 heteroatoms. The summed E-state index contributed by atoms with van der Waals surface area (Å²) < 4.78 is 12.2. The minimum Gasteiger partial charge on any atom is -0.490 e. The fourth-order valence-electron chi connectivity index (χ4n) is 2.70. The highest BCUT2D eigenvalue weighted by molar-refractivity contribution is 9.10. The molecule has 1 atom stereocenters. The van der Waals surface area contributed by atoms with Gasteiger partial charge in [0.25, 0.3) is 5.91 Å². The standard InChI is InChI=1S/C23H25BrN2O3/c1-5-28-21-13-17(12-20(24)22(21)29-15(2)3)11-19(14-25)23(27)26-16(4)18-9-7-6-8-10-18/h6-13,15-16H,5H2,1-4H3,(H,26,27)/b19-11-/t16-/m0/s1. The van der Waals surface area contributed by atoms with Gasteiger partial charge in [0.15, 0.2) is 11.5 Å². The highest BCUT2D eigenvalue weighted by Crippen LogP contribution is 2.38. The predicted molar refractivity (Wildman–Crippen MR) is 118 cm³/mol. The van der Waals surface area contributed by atoms with Gasteiger partial charge in [-0.2, -0.15) is 5.26 Å². The number of halogens is 1. The molecule has 5 nitrogen and oxygen atoms in total. The molecule has 2 aromatic carbocycles. The summed E-state index contributed by atoms with van der Waals surface area (Å²) in [5, 5.41) is 12.4. The summed E-state index contributed by atoms with van der Waals surface area (Å²) in [6.45, 7) is 8.09. The third-order valence-electron chi connectivity index (χ3n) is 4.01. The Morgan fingerprint density at radius 2 is 1.93 bits per heavy atom. The zero-order chi connectivity index (χ0) is 21.4. The molecular weight excluding hydrogens is 432 g/mol. The molecule has 1 N–H and O–H groups in total. The first-order valence-corrected chi connectivity index (χ1v) is 10.3. The molecule has 0 saturated carbocycles. The van der Waals surface area contributed by atoms with E-state index in [1.54, 1.807) is 18.2 Å². The number of nitrogens with zero attached hydrogens (tertiary/aromatic N) is 1. The normalized spacial score (nSPS) is 12.2. The first-order valence-electron chi connectivity index (χ1n) is 9.46. The number of amides is 1. The molecule has 152 valence electrons. The van der Waals surface area contributed by atoms with Crippen molar-refractivity contribution in [1.82, 2.24) is 5.32 Å². The first-order chi connectivity index (χ1) is 13.8. The van der Waals surface area contributed by atoms with Crippen LogP contribution >= 0.6 is 15.9 Å². The molecule has 2 rings (SSSR count). The molecular formula is C23H25BrN2O3. The SMILES string of the molecule is CCOc1cc(/C=C(/C#N)C(=O)N[C@@H](C)c2ccccc2)cc(Br)c1OC(C)C. The number of nitrogens with one attached hydrogen (secondary N) is 1. The molecule has 0 aliphatic carbocycles. The van der Waals surface area contributed by atoms with E-state index in [2.05, 4.69) is 21.2 Å². The van der Waals surface area contributed by atoms with Crippen molar-refractivity contribution in [3.05, 3.63) is 63.6 Å². The Hall–Kier alpha value is -2.78. The summed E-state index contributed by atoms with van der Waals surface area (Å²) in [5.41, 5.74) is 1.64. The number of nitriles is 1. The van der Waals surface area contributed by atoms with Crippen LogP contribution < -0.4 is 14.8 Å². The summed E-state index contributed by atoms with van der Waals surface area (Å²) >= 11 is 3.50. The van der Waals surface area contributed by atoms with Crippen molar-refractivity contribution >= 4 is 27.9 Å². The molecule has 0 bridgehead atoms. The molecule has 2 aromatic rings. The van der Waals surface area contributed by atoms with E-state index in [4.69, 9.17) is 9.47 Å². The number of ether oxygens (including phenoxy) is 2. The molecule has 0 unspecified atom stereocenters. The van der Waals surface area contributed by atoms with E-state index >= 15 is 0 Å². The molecule has 29 heavy (non-hydrogen) atoms. The van der Waals surface area contributed by atoms with Gasteiger partial charge >= 0.3 is 0 Å². The summed E-state index contributed by atoms with van der Waals surface area (Å²) in [6.07, 6.45) is 1.52. The van der Waals surface area contributed by atoms with Crippen LogP contribution in [0.4, 0.5) is 0 Å². The Bertz CT molecular complexity index is 918. The highest BCUT2D eigenvalue weighted by atomic mass is 79.9. The third-order valence-corrected chi connectivity index (χ3v) is 4.60. The summed E-state index contributed by atoms with van der Waals surface area (Å²) in [4.78, 5) is 12.6. The number of rotatable bonds is 8. The van der Waals surface area contributed by atoms with Crippen LogP contribution in [0, 0.1) is 11.3 Å². The lowest BCUT2D eigenvalue weighted by molar-refractivity contribution is -0.117. The van der Waals surface area contributed by atoms with E-state index in [-0.39, 0.29) is 17.7 Å². The number of carbonyl (C=O) groups is 1. The van der Waals surface area contributed by atoms with Gasteiger partial charge in [-0.25, -0.2) is 0 Å². The Labute approximate surface area is 180 Å². The molecule has 0 aliphatic rings. The third kappa shape index (κ3) is 6.37. The van der Waals surface area contributed by atoms with Crippen molar-refractivity contribution in [2.75, 3.05) is 6.61 Å². The Morgan fingerprint density at radius 3 is 2.52 bits per heavy atom. The average molecular weight is 457 g/mol. The lowest BCUT2D eigenvalue weighted by atomic mass is 10.1. The van der Waals surface area contributed by atoms with Crippen LogP contribution in [-0.4, -0.2) is 18.6 Å². The van der Waals surface area contributed by atoms with Crippen molar-refractivity contribution in [2.45, 2.75) is 39.8 Å². The van der Waals surface area contributed by atoms with Gasteiger partial charge in [-0.1, -0.05) is 30.3 Å². The van der Waals surface area contributed by atoms with Crippen molar-refractivity contribution in [1.29, 1.82) is 5.26 Å². The molecule has 0 radical (unpaired) electrons. The second kappa shape index (κ2) is 10.7. The van der Waals surface area contributed by atoms with Crippen LogP contribution in [0.25, 0.3) is 6.08 Å². The Morgan fingerprint density at radius 1 is 1.24 bits per heavy atom. The van der Waals surface area contributed by atoms with Gasteiger partial charge in [0.2, 0.25) is 0 Å². The molecule has 0 heterocycles. The molecule has 0 aliphatic heterocycles. The van der Waals surface area contributed by atoms with Gasteiger partial charge in [-0.15, -0.1) is 0 Å². The summed E-state index contributed by atoms with van der Waals surface area (Å²) in [6, 6.07) is 14.9. The van der Waals surface area contributed by atoms with E-state index in [0.29, 0.717) is 28.1 Å². The smallest absolute Gasteiger partial charge is 0.262 e. The van der Waals surface area contributed by atoms with Crippen LogP contribution in [0.2, 0.25) is 0 Å². The van der Waals surface area contributed by atoms with Crippen molar-refractivity contribution in [3.63, 3.8) is 0 Å². The van der Waals surface area contributed by atoms with Crippen LogP contribution in [0.1, 0.15) is 44.9 Å². The maximum absolute atomic E-state index is 12.6. The van der Waals surface area contributed by atoms with Crippen molar-refractivity contribution in [2.24, 2.45) is 0 Å². The van der Waals surface area contributed by atoms with Gasteiger partial charge in [-0.05, 0) is 73.0 Å². The van der Waals surface area contributed by atoms with Gasteiger partial charge in [0.05, 0.1) is 23.2 Å². The number of benzene rings is 2. The molecule has 0 saturated heterocycles. The fourth-order valence-corrected chi connectivity index (χ4v) is 3.25. The Kier molecular flexibility index (Phi) is 8.29. The predicted octanol–water partition coefficient (Wildman–Crippen LogP) is 5.42. The van der Waals surface area contributed by atoms with Crippen LogP contribution in [0.5, 0.6) is 11.5 Å². The molecule has 0 aromatic heterocycles. The zero-order valence-electron chi connectivity index (χ0n) is 17.0. The molecule has 0 fully saturated rings. The number of carbonyl (C=O) groups excluding carboxylic acids is 1. The van der Waals surface area contributed by atoms with E-state index in [9.17, 15) is 10.1 Å². The maximum atomic E-state index is 12.6. The van der Waals surface area contributed by atoms with Crippen molar-refractivity contribution < 1.29 is 14.3 Å². The van der Waals surface area contributed by atoms with E-state index in [0.717, 1.165) is 5.56 Å². The van der Waals surface area contributed by atoms with Gasteiger partial charge < -0.3 is 14.8 Å². The maximum Gasteiger partial charge on any atom is 0.262 e. The monoisotopic (exact) mass is 456 g/mol. The van der Waals surface area contributed by atoms with Gasteiger partial charge in [0.1, 0.15) is 11.6 Å². The molecule has 1 amide bonds. The number of hydrogen-bond acceptors (Lipinski definition) is 4. The van der Waals surface area contributed by atoms with E-state index < -0.39 is 5.91 Å². The second-order valence-corrected chi connectivity index (χ2v) is 7.56. The van der Waals surface area contributed by atoms with Gasteiger partial charge in [-0.3, -0.25) is 4.79 Å². The largest absolute Gasteiger partial charge is 0.490 e. The number of hydrogen-bond donors (Lipinski definition) is 1. The van der Waals surface area contributed by atoms with E-state index in [1.165, 1.54) is 0 Å². The van der Waals surface area contributed by atoms with Crippen LogP contribution in [0.3, 0.4) is 0 Å². The topological polar surface area (TPSA) is 71.3 Å².